The topological polar surface area (TPSA) is 50.8 Å². The number of hydrogen-bond donors (Lipinski definition) is 1. The Morgan fingerprint density at radius 3 is 2.32 bits per heavy atom. The van der Waals surface area contributed by atoms with Crippen LogP contribution < -0.4 is 10.1 Å². The SMILES string of the molecule is Cc1cc(C)cc(O[C@@H](C)C(=O)NCc2ccc(CN3CCOCC3)cc2)c1. The van der Waals surface area contributed by atoms with Gasteiger partial charge in [-0.2, -0.15) is 0 Å². The molecule has 0 spiro atoms. The summed E-state index contributed by atoms with van der Waals surface area (Å²) >= 11 is 0. The Labute approximate surface area is 167 Å². The number of morpholine rings is 1. The molecule has 0 aliphatic carbocycles. The number of benzene rings is 2. The van der Waals surface area contributed by atoms with Gasteiger partial charge in [-0.1, -0.05) is 30.3 Å². The van der Waals surface area contributed by atoms with Gasteiger partial charge < -0.3 is 14.8 Å². The number of nitrogens with zero attached hydrogens (tertiary/aromatic N) is 1. The molecule has 5 nitrogen and oxygen atoms in total. The van der Waals surface area contributed by atoms with Gasteiger partial charge in [0.2, 0.25) is 0 Å². The average molecular weight is 383 g/mol. The maximum absolute atomic E-state index is 12.4. The van der Waals surface area contributed by atoms with Crippen molar-refractivity contribution in [1.29, 1.82) is 0 Å². The third-order valence-electron chi connectivity index (χ3n) is 4.88. The molecular weight excluding hydrogens is 352 g/mol. The van der Waals surface area contributed by atoms with Crippen molar-refractivity contribution in [2.45, 2.75) is 40.0 Å². The van der Waals surface area contributed by atoms with Crippen molar-refractivity contribution in [3.8, 4) is 5.75 Å². The molecule has 1 saturated heterocycles. The normalized spacial score (nSPS) is 15.8. The first-order valence-electron chi connectivity index (χ1n) is 9.90. The molecule has 150 valence electrons. The molecule has 1 aliphatic heterocycles. The van der Waals surface area contributed by atoms with Crippen molar-refractivity contribution < 1.29 is 14.3 Å². The zero-order chi connectivity index (χ0) is 19.9. The van der Waals surface area contributed by atoms with Crippen LogP contribution in [0.3, 0.4) is 0 Å². The van der Waals surface area contributed by atoms with Gasteiger partial charge in [0.15, 0.2) is 6.10 Å². The number of amides is 1. The number of carbonyl (C=O) groups excluding carboxylic acids is 1. The second kappa shape index (κ2) is 9.71. The maximum atomic E-state index is 12.4. The zero-order valence-corrected chi connectivity index (χ0v) is 17.0. The van der Waals surface area contributed by atoms with E-state index < -0.39 is 6.10 Å². The fourth-order valence-electron chi connectivity index (χ4n) is 3.37. The minimum absolute atomic E-state index is 0.114. The predicted octanol–water partition coefficient (Wildman–Crippen LogP) is 3.22. The van der Waals surface area contributed by atoms with E-state index in [0.717, 1.165) is 55.3 Å². The standard InChI is InChI=1S/C23H30N2O3/c1-17-12-18(2)14-22(13-17)28-19(3)23(26)24-15-20-4-6-21(7-5-20)16-25-8-10-27-11-9-25/h4-7,12-14,19H,8-11,15-16H2,1-3H3,(H,24,26)/t19-/m0/s1. The summed E-state index contributed by atoms with van der Waals surface area (Å²) in [5, 5.41) is 2.96. The van der Waals surface area contributed by atoms with Crippen LogP contribution in [0.5, 0.6) is 5.75 Å². The van der Waals surface area contributed by atoms with Crippen molar-refractivity contribution in [1.82, 2.24) is 10.2 Å². The van der Waals surface area contributed by atoms with E-state index in [9.17, 15) is 4.79 Å². The van der Waals surface area contributed by atoms with Crippen LogP contribution in [0.4, 0.5) is 0 Å². The summed E-state index contributed by atoms with van der Waals surface area (Å²) in [5.41, 5.74) is 4.61. The molecule has 0 aromatic heterocycles. The highest BCUT2D eigenvalue weighted by atomic mass is 16.5. The van der Waals surface area contributed by atoms with Gasteiger partial charge in [-0.25, -0.2) is 0 Å². The van der Waals surface area contributed by atoms with E-state index in [1.54, 1.807) is 6.92 Å². The Balaban J connectivity index is 1.46. The third kappa shape index (κ3) is 6.08. The second-order valence-electron chi connectivity index (χ2n) is 7.51. The van der Waals surface area contributed by atoms with E-state index in [1.807, 2.05) is 26.0 Å². The summed E-state index contributed by atoms with van der Waals surface area (Å²) in [5.74, 6) is 0.615. The third-order valence-corrected chi connectivity index (χ3v) is 4.88. The first-order valence-corrected chi connectivity index (χ1v) is 9.90. The Morgan fingerprint density at radius 2 is 1.68 bits per heavy atom. The van der Waals surface area contributed by atoms with Gasteiger partial charge >= 0.3 is 0 Å². The predicted molar refractivity (Wildman–Crippen MR) is 110 cm³/mol. The van der Waals surface area contributed by atoms with Gasteiger partial charge in [0.25, 0.3) is 5.91 Å². The lowest BCUT2D eigenvalue weighted by Crippen LogP contribution is -2.36. The van der Waals surface area contributed by atoms with Gasteiger partial charge in [-0.15, -0.1) is 0 Å². The highest BCUT2D eigenvalue weighted by molar-refractivity contribution is 5.80. The number of ether oxygens (including phenoxy) is 2. The largest absolute Gasteiger partial charge is 0.481 e. The molecule has 28 heavy (non-hydrogen) atoms. The van der Waals surface area contributed by atoms with Gasteiger partial charge in [-0.3, -0.25) is 9.69 Å². The molecule has 1 heterocycles. The Hall–Kier alpha value is -2.37. The Bertz CT molecular complexity index is 763. The summed E-state index contributed by atoms with van der Waals surface area (Å²) in [6.07, 6.45) is -0.540. The first kappa shape index (κ1) is 20.4. The summed E-state index contributed by atoms with van der Waals surface area (Å²) in [7, 11) is 0. The zero-order valence-electron chi connectivity index (χ0n) is 17.0. The van der Waals surface area contributed by atoms with Crippen molar-refractivity contribution in [2.24, 2.45) is 0 Å². The second-order valence-corrected chi connectivity index (χ2v) is 7.51. The van der Waals surface area contributed by atoms with E-state index >= 15 is 0 Å². The number of nitrogens with one attached hydrogen (secondary N) is 1. The van der Waals surface area contributed by atoms with Gasteiger partial charge in [0.1, 0.15) is 5.75 Å². The summed E-state index contributed by atoms with van der Waals surface area (Å²) in [4.78, 5) is 14.8. The molecule has 0 radical (unpaired) electrons. The highest BCUT2D eigenvalue weighted by Crippen LogP contribution is 2.17. The minimum Gasteiger partial charge on any atom is -0.481 e. The first-order chi connectivity index (χ1) is 13.5. The Kier molecular flexibility index (Phi) is 7.06. The Morgan fingerprint density at radius 1 is 1.07 bits per heavy atom. The van der Waals surface area contributed by atoms with Crippen LogP contribution >= 0.6 is 0 Å². The van der Waals surface area contributed by atoms with E-state index in [2.05, 4.69) is 40.5 Å². The molecule has 5 heteroatoms. The lowest BCUT2D eigenvalue weighted by molar-refractivity contribution is -0.127. The molecule has 1 aliphatic rings. The smallest absolute Gasteiger partial charge is 0.261 e. The van der Waals surface area contributed by atoms with Crippen LogP contribution in [-0.4, -0.2) is 43.2 Å². The molecular formula is C23H30N2O3. The maximum Gasteiger partial charge on any atom is 0.261 e. The van der Waals surface area contributed by atoms with Gasteiger partial charge in [0.05, 0.1) is 13.2 Å². The molecule has 2 aromatic rings. The molecule has 2 aromatic carbocycles. The van der Waals surface area contributed by atoms with Crippen molar-refractivity contribution in [3.05, 3.63) is 64.7 Å². The quantitative estimate of drug-likeness (QED) is 0.799. The van der Waals surface area contributed by atoms with Gasteiger partial charge in [-0.05, 0) is 55.2 Å². The van der Waals surface area contributed by atoms with Crippen LogP contribution in [-0.2, 0) is 22.6 Å². The van der Waals surface area contributed by atoms with E-state index in [1.165, 1.54) is 5.56 Å². The number of rotatable bonds is 7. The van der Waals surface area contributed by atoms with Crippen LogP contribution in [0.15, 0.2) is 42.5 Å². The molecule has 1 amide bonds. The van der Waals surface area contributed by atoms with Crippen molar-refractivity contribution >= 4 is 5.91 Å². The van der Waals surface area contributed by atoms with Crippen molar-refractivity contribution in [3.63, 3.8) is 0 Å². The highest BCUT2D eigenvalue weighted by Gasteiger charge is 2.15. The summed E-state index contributed by atoms with van der Waals surface area (Å²) in [6, 6.07) is 14.4. The average Bonchev–Trinajstić information content (AvgIpc) is 2.67. The molecule has 0 unspecified atom stereocenters. The van der Waals surface area contributed by atoms with Crippen LogP contribution in [0.2, 0.25) is 0 Å². The van der Waals surface area contributed by atoms with Crippen LogP contribution in [0, 0.1) is 13.8 Å². The summed E-state index contributed by atoms with van der Waals surface area (Å²) < 4.78 is 11.2. The molecule has 1 fully saturated rings. The lowest BCUT2D eigenvalue weighted by Gasteiger charge is -2.26. The molecule has 3 rings (SSSR count). The molecule has 0 saturated carbocycles. The number of aryl methyl sites for hydroxylation is 2. The van der Waals surface area contributed by atoms with Crippen LogP contribution in [0.1, 0.15) is 29.2 Å². The monoisotopic (exact) mass is 382 g/mol. The van der Waals surface area contributed by atoms with E-state index in [0.29, 0.717) is 6.54 Å². The molecule has 1 atom stereocenters. The molecule has 1 N–H and O–H groups in total. The summed E-state index contributed by atoms with van der Waals surface area (Å²) in [6.45, 7) is 10.8. The molecule has 0 bridgehead atoms. The van der Waals surface area contributed by atoms with Crippen molar-refractivity contribution in [2.75, 3.05) is 26.3 Å². The van der Waals surface area contributed by atoms with Gasteiger partial charge in [0, 0.05) is 26.2 Å². The minimum atomic E-state index is -0.540. The fourth-order valence-corrected chi connectivity index (χ4v) is 3.37. The number of carbonyl (C=O) groups is 1. The number of hydrogen-bond acceptors (Lipinski definition) is 4. The van der Waals surface area contributed by atoms with E-state index in [4.69, 9.17) is 9.47 Å². The fraction of sp³-hybridized carbons (Fsp3) is 0.435. The lowest BCUT2D eigenvalue weighted by atomic mass is 10.1. The van der Waals surface area contributed by atoms with Crippen LogP contribution in [0.25, 0.3) is 0 Å². The van der Waals surface area contributed by atoms with E-state index in [-0.39, 0.29) is 5.91 Å².